The van der Waals surface area contributed by atoms with Crippen LogP contribution in [0.3, 0.4) is 0 Å². The zero-order chi connectivity index (χ0) is 10.7. The molecule has 2 atom stereocenters. The first-order chi connectivity index (χ1) is 7.29. The number of nitrogens with two attached hydrogens (primary N) is 1. The van der Waals surface area contributed by atoms with Crippen LogP contribution in [0.5, 0.6) is 0 Å². The molecule has 1 saturated heterocycles. The molecule has 1 aliphatic rings. The minimum Gasteiger partial charge on any atom is -0.330 e. The molecule has 0 saturated carbocycles. The van der Waals surface area contributed by atoms with Crippen LogP contribution < -0.4 is 5.73 Å². The maximum Gasteiger partial charge on any atom is 0.0930 e. The average Bonchev–Trinajstić information content (AvgIpc) is 2.88. The summed E-state index contributed by atoms with van der Waals surface area (Å²) >= 11 is 3.93. The van der Waals surface area contributed by atoms with Crippen molar-refractivity contribution in [3.8, 4) is 0 Å². The van der Waals surface area contributed by atoms with Gasteiger partial charge in [-0.3, -0.25) is 0 Å². The molecule has 0 aliphatic carbocycles. The maximum absolute atomic E-state index is 5.65. The summed E-state index contributed by atoms with van der Waals surface area (Å²) in [5.41, 5.74) is 5.65. The highest BCUT2D eigenvalue weighted by Crippen LogP contribution is 2.29. The quantitative estimate of drug-likeness (QED) is 0.881. The van der Waals surface area contributed by atoms with Crippen LogP contribution in [-0.2, 0) is 6.42 Å². The van der Waals surface area contributed by atoms with E-state index >= 15 is 0 Å². The largest absolute Gasteiger partial charge is 0.330 e. The molecule has 15 heavy (non-hydrogen) atoms. The van der Waals surface area contributed by atoms with E-state index in [1.165, 1.54) is 34.2 Å². The molecule has 84 valence electrons. The summed E-state index contributed by atoms with van der Waals surface area (Å²) in [5, 5.41) is 1.30. The van der Waals surface area contributed by atoms with E-state index < -0.39 is 0 Å². The minimum absolute atomic E-state index is 0.467. The summed E-state index contributed by atoms with van der Waals surface area (Å²) in [7, 11) is 0. The van der Waals surface area contributed by atoms with Gasteiger partial charge in [0.05, 0.1) is 5.01 Å². The average molecular weight is 242 g/mol. The highest BCUT2D eigenvalue weighted by Gasteiger charge is 2.18. The smallest absolute Gasteiger partial charge is 0.0930 e. The van der Waals surface area contributed by atoms with Crippen LogP contribution in [0.1, 0.15) is 29.1 Å². The molecule has 0 amide bonds. The Labute approximate surface area is 99.7 Å². The van der Waals surface area contributed by atoms with Crippen molar-refractivity contribution in [2.24, 2.45) is 11.7 Å². The van der Waals surface area contributed by atoms with Crippen LogP contribution >= 0.6 is 23.1 Å². The molecule has 2 N–H and O–H groups in total. The fourth-order valence-corrected chi connectivity index (χ4v) is 4.14. The number of hydrogen-bond donors (Lipinski definition) is 1. The summed E-state index contributed by atoms with van der Waals surface area (Å²) in [6, 6.07) is 0. The molecule has 0 radical (unpaired) electrons. The lowest BCUT2D eigenvalue weighted by molar-refractivity contribution is 0.594. The van der Waals surface area contributed by atoms with Gasteiger partial charge in [-0.15, -0.1) is 11.3 Å². The number of rotatable bonds is 4. The molecular weight excluding hydrogens is 224 g/mol. The Kier molecular flexibility index (Phi) is 4.05. The van der Waals surface area contributed by atoms with Gasteiger partial charge in [-0.1, -0.05) is 6.92 Å². The van der Waals surface area contributed by atoms with Gasteiger partial charge in [-0.05, 0) is 30.4 Å². The molecule has 1 aromatic rings. The van der Waals surface area contributed by atoms with E-state index in [1.807, 2.05) is 17.5 Å². The van der Waals surface area contributed by atoms with Crippen LogP contribution in [0.2, 0.25) is 0 Å². The number of hydrogen-bond acceptors (Lipinski definition) is 4. The summed E-state index contributed by atoms with van der Waals surface area (Å²) in [4.78, 5) is 5.85. The lowest BCUT2D eigenvalue weighted by Crippen LogP contribution is -2.07. The van der Waals surface area contributed by atoms with Crippen LogP contribution in [0, 0.1) is 5.92 Å². The molecule has 2 unspecified atom stereocenters. The van der Waals surface area contributed by atoms with E-state index in [0.717, 1.165) is 12.5 Å². The SMILES string of the molecule is CC(CN)c1cnc(CC2CCSC2)s1. The van der Waals surface area contributed by atoms with Crippen LogP contribution in [0.25, 0.3) is 0 Å². The predicted octanol–water partition coefficient (Wildman–Crippen LogP) is 2.50. The van der Waals surface area contributed by atoms with Crippen LogP contribution in [-0.4, -0.2) is 23.0 Å². The molecule has 2 rings (SSSR count). The second-order valence-electron chi connectivity index (χ2n) is 4.23. The number of aromatic nitrogens is 1. The zero-order valence-electron chi connectivity index (χ0n) is 9.11. The topological polar surface area (TPSA) is 38.9 Å². The first-order valence-corrected chi connectivity index (χ1v) is 7.49. The molecule has 1 aromatic heterocycles. The van der Waals surface area contributed by atoms with Gasteiger partial charge in [0.1, 0.15) is 0 Å². The Morgan fingerprint density at radius 3 is 3.20 bits per heavy atom. The molecular formula is C11H18N2S2. The second-order valence-corrected chi connectivity index (χ2v) is 6.52. The first kappa shape index (κ1) is 11.4. The molecule has 2 nitrogen and oxygen atoms in total. The standard InChI is InChI=1S/C11H18N2S2/c1-8(5-12)10-6-13-11(15-10)4-9-2-3-14-7-9/h6,8-9H,2-5,7,12H2,1H3. The van der Waals surface area contributed by atoms with E-state index in [4.69, 9.17) is 5.73 Å². The van der Waals surface area contributed by atoms with Crippen molar-refractivity contribution in [1.29, 1.82) is 0 Å². The summed E-state index contributed by atoms with van der Waals surface area (Å²) in [5.74, 6) is 3.99. The van der Waals surface area contributed by atoms with Crippen molar-refractivity contribution in [2.75, 3.05) is 18.1 Å². The van der Waals surface area contributed by atoms with Crippen molar-refractivity contribution in [1.82, 2.24) is 4.98 Å². The lowest BCUT2D eigenvalue weighted by Gasteiger charge is -2.04. The van der Waals surface area contributed by atoms with Gasteiger partial charge in [0, 0.05) is 23.4 Å². The third-order valence-electron chi connectivity index (χ3n) is 2.90. The highest BCUT2D eigenvalue weighted by atomic mass is 32.2. The molecule has 0 bridgehead atoms. The van der Waals surface area contributed by atoms with E-state index in [1.54, 1.807) is 0 Å². The van der Waals surface area contributed by atoms with Crippen molar-refractivity contribution in [3.05, 3.63) is 16.1 Å². The fourth-order valence-electron chi connectivity index (χ4n) is 1.75. The Morgan fingerprint density at radius 1 is 1.67 bits per heavy atom. The van der Waals surface area contributed by atoms with Crippen LogP contribution in [0.15, 0.2) is 6.20 Å². The van der Waals surface area contributed by atoms with Crippen molar-refractivity contribution in [3.63, 3.8) is 0 Å². The van der Waals surface area contributed by atoms with E-state index in [9.17, 15) is 0 Å². The number of nitrogens with zero attached hydrogens (tertiary/aromatic N) is 1. The maximum atomic E-state index is 5.65. The van der Waals surface area contributed by atoms with Gasteiger partial charge < -0.3 is 5.73 Å². The molecule has 0 spiro atoms. The number of thiazole rings is 1. The van der Waals surface area contributed by atoms with E-state index in [0.29, 0.717) is 5.92 Å². The summed E-state index contributed by atoms with van der Waals surface area (Å²) < 4.78 is 0. The predicted molar refractivity (Wildman–Crippen MR) is 68.7 cm³/mol. The summed E-state index contributed by atoms with van der Waals surface area (Å²) in [6.45, 7) is 2.89. The van der Waals surface area contributed by atoms with Crippen LogP contribution in [0.4, 0.5) is 0 Å². The zero-order valence-corrected chi connectivity index (χ0v) is 10.7. The Hall–Kier alpha value is -0.0600. The lowest BCUT2D eigenvalue weighted by atomic mass is 10.1. The monoisotopic (exact) mass is 242 g/mol. The van der Waals surface area contributed by atoms with E-state index in [-0.39, 0.29) is 0 Å². The Morgan fingerprint density at radius 2 is 2.53 bits per heavy atom. The molecule has 1 aliphatic heterocycles. The fraction of sp³-hybridized carbons (Fsp3) is 0.727. The van der Waals surface area contributed by atoms with Crippen molar-refractivity contribution in [2.45, 2.75) is 25.7 Å². The minimum atomic E-state index is 0.467. The van der Waals surface area contributed by atoms with Crippen molar-refractivity contribution < 1.29 is 0 Å². The van der Waals surface area contributed by atoms with Gasteiger partial charge >= 0.3 is 0 Å². The van der Waals surface area contributed by atoms with E-state index in [2.05, 4.69) is 23.7 Å². The highest BCUT2D eigenvalue weighted by molar-refractivity contribution is 7.99. The molecule has 1 fully saturated rings. The first-order valence-electron chi connectivity index (χ1n) is 5.52. The normalized spacial score (nSPS) is 23.2. The second kappa shape index (κ2) is 5.32. The Balaban J connectivity index is 1.94. The molecule has 2 heterocycles. The third kappa shape index (κ3) is 2.95. The number of thioether (sulfide) groups is 1. The van der Waals surface area contributed by atoms with Gasteiger partial charge in [-0.25, -0.2) is 4.98 Å². The van der Waals surface area contributed by atoms with Gasteiger partial charge in [0.25, 0.3) is 0 Å². The molecule has 4 heteroatoms. The Bertz CT molecular complexity index is 305. The molecule has 0 aromatic carbocycles. The summed E-state index contributed by atoms with van der Waals surface area (Å²) in [6.07, 6.45) is 4.56. The third-order valence-corrected chi connectivity index (χ3v) is 5.38. The van der Waals surface area contributed by atoms with Gasteiger partial charge in [0.15, 0.2) is 0 Å². The van der Waals surface area contributed by atoms with Gasteiger partial charge in [0.2, 0.25) is 0 Å². The van der Waals surface area contributed by atoms with Gasteiger partial charge in [-0.2, -0.15) is 11.8 Å². The van der Waals surface area contributed by atoms with Crippen molar-refractivity contribution >= 4 is 23.1 Å².